The molecule has 5 nitrogen and oxygen atoms in total. The molecule has 0 saturated carbocycles. The second-order valence-electron chi connectivity index (χ2n) is 4.30. The van der Waals surface area contributed by atoms with Gasteiger partial charge in [-0.25, -0.2) is 0 Å². The number of anilines is 1. The Kier molecular flexibility index (Phi) is 4.52. The normalized spacial score (nSPS) is 10.7. The maximum Gasteiger partial charge on any atom is 0.226 e. The van der Waals surface area contributed by atoms with Crippen LogP contribution in [-0.2, 0) is 19.6 Å². The minimum absolute atomic E-state index is 0.0492. The van der Waals surface area contributed by atoms with Crippen molar-refractivity contribution in [2.45, 2.75) is 33.4 Å². The molecule has 5 heteroatoms. The Balaban J connectivity index is 2.14. The van der Waals surface area contributed by atoms with E-state index in [1.54, 1.807) is 0 Å². The molecule has 1 N–H and O–H groups in total. The average molecular weight is 261 g/mol. The van der Waals surface area contributed by atoms with Crippen LogP contribution in [-0.4, -0.2) is 21.8 Å². The molecule has 0 fully saturated rings. The Morgan fingerprint density at radius 3 is 2.79 bits per heavy atom. The summed E-state index contributed by atoms with van der Waals surface area (Å²) in [7, 11) is 0. The second-order valence-corrected chi connectivity index (χ2v) is 4.30. The molecule has 102 valence electrons. The maximum absolute atomic E-state index is 9.18. The predicted octanol–water partition coefficient (Wildman–Crippen LogP) is 2.15. The van der Waals surface area contributed by atoms with Gasteiger partial charge in [0.15, 0.2) is 5.82 Å². The lowest BCUT2D eigenvalue weighted by molar-refractivity contribution is 0.282. The van der Waals surface area contributed by atoms with Gasteiger partial charge in [-0.05, 0) is 24.6 Å². The Labute approximate surface area is 112 Å². The Hall–Kier alpha value is -1.88. The Morgan fingerprint density at radius 2 is 2.16 bits per heavy atom. The number of aliphatic hydroxyl groups is 1. The van der Waals surface area contributed by atoms with Crippen molar-refractivity contribution in [3.8, 4) is 0 Å². The van der Waals surface area contributed by atoms with E-state index in [0.29, 0.717) is 18.3 Å². The van der Waals surface area contributed by atoms with Crippen molar-refractivity contribution in [2.24, 2.45) is 0 Å². The van der Waals surface area contributed by atoms with Crippen LogP contribution >= 0.6 is 0 Å². The van der Waals surface area contributed by atoms with Gasteiger partial charge in [0.2, 0.25) is 5.89 Å². The highest BCUT2D eigenvalue weighted by atomic mass is 16.5. The van der Waals surface area contributed by atoms with Crippen LogP contribution in [0.15, 0.2) is 28.8 Å². The van der Waals surface area contributed by atoms with E-state index in [4.69, 9.17) is 4.52 Å². The van der Waals surface area contributed by atoms with Gasteiger partial charge in [-0.1, -0.05) is 24.2 Å². The van der Waals surface area contributed by atoms with Crippen molar-refractivity contribution in [2.75, 3.05) is 11.4 Å². The molecule has 0 aliphatic carbocycles. The van der Waals surface area contributed by atoms with Crippen LogP contribution in [0, 0.1) is 0 Å². The number of aromatic nitrogens is 2. The molecule has 0 unspecified atom stereocenters. The van der Waals surface area contributed by atoms with Gasteiger partial charge in [0, 0.05) is 18.7 Å². The molecule has 0 aliphatic rings. The van der Waals surface area contributed by atoms with Gasteiger partial charge >= 0.3 is 0 Å². The summed E-state index contributed by atoms with van der Waals surface area (Å²) >= 11 is 0. The van der Waals surface area contributed by atoms with Gasteiger partial charge in [-0.3, -0.25) is 0 Å². The maximum atomic E-state index is 9.18. The lowest BCUT2D eigenvalue weighted by atomic mass is 10.2. The summed E-state index contributed by atoms with van der Waals surface area (Å²) in [5.41, 5.74) is 1.95. The van der Waals surface area contributed by atoms with Crippen molar-refractivity contribution >= 4 is 5.69 Å². The Morgan fingerprint density at radius 1 is 1.32 bits per heavy atom. The topological polar surface area (TPSA) is 62.4 Å². The van der Waals surface area contributed by atoms with Gasteiger partial charge in [-0.15, -0.1) is 0 Å². The lowest BCUT2D eigenvalue weighted by Crippen LogP contribution is -2.22. The summed E-state index contributed by atoms with van der Waals surface area (Å²) in [5.74, 6) is 1.35. The largest absolute Gasteiger partial charge is 0.392 e. The summed E-state index contributed by atoms with van der Waals surface area (Å²) in [5, 5.41) is 13.1. The fourth-order valence-electron chi connectivity index (χ4n) is 1.91. The van der Waals surface area contributed by atoms with Crippen LogP contribution in [0.2, 0.25) is 0 Å². The van der Waals surface area contributed by atoms with Crippen molar-refractivity contribution in [3.05, 3.63) is 41.5 Å². The second kappa shape index (κ2) is 6.33. The third-order valence-electron chi connectivity index (χ3n) is 2.98. The van der Waals surface area contributed by atoms with E-state index < -0.39 is 0 Å². The smallest absolute Gasteiger partial charge is 0.226 e. The third-order valence-corrected chi connectivity index (χ3v) is 2.98. The van der Waals surface area contributed by atoms with Crippen LogP contribution in [0.5, 0.6) is 0 Å². The van der Waals surface area contributed by atoms with Gasteiger partial charge in [-0.2, -0.15) is 4.98 Å². The summed E-state index contributed by atoms with van der Waals surface area (Å²) < 4.78 is 5.11. The molecular formula is C14H19N3O2. The lowest BCUT2D eigenvalue weighted by Gasteiger charge is -2.21. The van der Waals surface area contributed by atoms with Gasteiger partial charge in [0.05, 0.1) is 13.2 Å². The molecule has 2 rings (SSSR count). The quantitative estimate of drug-likeness (QED) is 0.863. The first-order chi connectivity index (χ1) is 9.26. The van der Waals surface area contributed by atoms with E-state index in [2.05, 4.69) is 22.0 Å². The molecule has 0 radical (unpaired) electrons. The van der Waals surface area contributed by atoms with E-state index in [-0.39, 0.29) is 6.61 Å². The van der Waals surface area contributed by atoms with Crippen molar-refractivity contribution in [3.63, 3.8) is 0 Å². The highest BCUT2D eigenvalue weighted by Gasteiger charge is 2.10. The van der Waals surface area contributed by atoms with Crippen LogP contribution in [0.3, 0.4) is 0 Å². The molecule has 0 amide bonds. The van der Waals surface area contributed by atoms with Crippen LogP contribution in [0.25, 0.3) is 0 Å². The number of nitrogens with zero attached hydrogens (tertiary/aromatic N) is 3. The monoisotopic (exact) mass is 261 g/mol. The molecule has 0 saturated heterocycles. The van der Waals surface area contributed by atoms with Gasteiger partial charge in [0.1, 0.15) is 0 Å². The molecule has 0 aliphatic heterocycles. The summed E-state index contributed by atoms with van der Waals surface area (Å²) in [6, 6.07) is 7.84. The number of rotatable bonds is 6. The molecule has 1 aromatic carbocycles. The SMILES string of the molecule is CCc1nc(CN(CC)c2cccc(CO)c2)no1. The summed E-state index contributed by atoms with van der Waals surface area (Å²) in [6.07, 6.45) is 0.749. The van der Waals surface area contributed by atoms with Crippen LogP contribution < -0.4 is 4.90 Å². The van der Waals surface area contributed by atoms with E-state index in [0.717, 1.165) is 24.2 Å². The first kappa shape index (κ1) is 13.5. The minimum Gasteiger partial charge on any atom is -0.392 e. The van der Waals surface area contributed by atoms with E-state index >= 15 is 0 Å². The zero-order valence-corrected chi connectivity index (χ0v) is 11.3. The van der Waals surface area contributed by atoms with Crippen molar-refractivity contribution in [1.82, 2.24) is 10.1 Å². The van der Waals surface area contributed by atoms with Gasteiger partial charge < -0.3 is 14.5 Å². The molecule has 0 spiro atoms. The number of benzene rings is 1. The van der Waals surface area contributed by atoms with Crippen molar-refractivity contribution < 1.29 is 9.63 Å². The molecule has 0 bridgehead atoms. The molecule has 1 heterocycles. The third kappa shape index (κ3) is 3.32. The number of aliphatic hydroxyl groups excluding tert-OH is 1. The van der Waals surface area contributed by atoms with E-state index in [9.17, 15) is 5.11 Å². The van der Waals surface area contributed by atoms with Crippen molar-refractivity contribution in [1.29, 1.82) is 0 Å². The fraction of sp³-hybridized carbons (Fsp3) is 0.429. The summed E-state index contributed by atoms with van der Waals surface area (Å²) in [6.45, 7) is 5.55. The zero-order chi connectivity index (χ0) is 13.7. The molecule has 19 heavy (non-hydrogen) atoms. The number of hydrogen-bond donors (Lipinski definition) is 1. The highest BCUT2D eigenvalue weighted by molar-refractivity contribution is 5.48. The van der Waals surface area contributed by atoms with Crippen LogP contribution in [0.1, 0.15) is 31.1 Å². The van der Waals surface area contributed by atoms with Gasteiger partial charge in [0.25, 0.3) is 0 Å². The molecule has 2 aromatic rings. The highest BCUT2D eigenvalue weighted by Crippen LogP contribution is 2.18. The average Bonchev–Trinajstić information content (AvgIpc) is 2.92. The Bertz CT molecular complexity index is 525. The van der Waals surface area contributed by atoms with Crippen LogP contribution in [0.4, 0.5) is 5.69 Å². The fourth-order valence-corrected chi connectivity index (χ4v) is 1.91. The standard InChI is InChI=1S/C14H19N3O2/c1-3-14-15-13(16-19-14)9-17(4-2)12-7-5-6-11(8-12)10-18/h5-8,18H,3-4,9-10H2,1-2H3. The minimum atomic E-state index is 0.0492. The van der Waals surface area contributed by atoms with E-state index in [1.165, 1.54) is 0 Å². The first-order valence-electron chi connectivity index (χ1n) is 6.53. The molecule has 1 aromatic heterocycles. The summed E-state index contributed by atoms with van der Waals surface area (Å²) in [4.78, 5) is 6.46. The number of hydrogen-bond acceptors (Lipinski definition) is 5. The molecular weight excluding hydrogens is 242 g/mol. The molecule has 0 atom stereocenters. The number of aryl methyl sites for hydroxylation is 1. The first-order valence-corrected chi connectivity index (χ1v) is 6.53. The predicted molar refractivity (Wildman–Crippen MR) is 72.8 cm³/mol. The zero-order valence-electron chi connectivity index (χ0n) is 11.3. The van der Waals surface area contributed by atoms with E-state index in [1.807, 2.05) is 31.2 Å².